The maximum atomic E-state index is 10.8. The van der Waals surface area contributed by atoms with E-state index in [-0.39, 0.29) is 11.5 Å². The Hall–Kier alpha value is -1.96. The number of nitro groups is 1. The Labute approximate surface area is 90.6 Å². The van der Waals surface area contributed by atoms with Gasteiger partial charge < -0.3 is 21.0 Å². The van der Waals surface area contributed by atoms with Crippen LogP contribution in [0, 0.1) is 10.1 Å². The summed E-state index contributed by atoms with van der Waals surface area (Å²) in [7, 11) is 0. The second-order valence-corrected chi connectivity index (χ2v) is 3.93. The number of carboxylic acids is 1. The summed E-state index contributed by atoms with van der Waals surface area (Å²) < 4.78 is 0. The van der Waals surface area contributed by atoms with Crippen molar-refractivity contribution in [3.63, 3.8) is 0 Å². The number of aromatic amines is 1. The highest BCUT2D eigenvalue weighted by atomic mass is 16.6. The lowest BCUT2D eigenvalue weighted by Crippen LogP contribution is -2.47. The van der Waals surface area contributed by atoms with Gasteiger partial charge in [0.25, 0.3) is 0 Å². The van der Waals surface area contributed by atoms with E-state index in [2.05, 4.69) is 10.2 Å². The highest BCUT2D eigenvalue weighted by Crippen LogP contribution is 2.26. The number of nitrogens with zero attached hydrogens (tertiary/aromatic N) is 2. The highest BCUT2D eigenvalue weighted by Gasteiger charge is 2.37. The zero-order valence-electron chi connectivity index (χ0n) is 8.80. The third-order valence-corrected chi connectivity index (χ3v) is 2.46. The Bertz CT molecular complexity index is 425. The molecule has 1 heterocycles. The van der Waals surface area contributed by atoms with Crippen molar-refractivity contribution >= 4 is 11.8 Å². The van der Waals surface area contributed by atoms with Crippen LogP contribution in [0.1, 0.15) is 19.5 Å². The van der Waals surface area contributed by atoms with Crippen molar-refractivity contribution < 1.29 is 14.8 Å². The zero-order chi connectivity index (χ0) is 12.5. The van der Waals surface area contributed by atoms with Crippen molar-refractivity contribution in [3.05, 3.63) is 21.9 Å². The van der Waals surface area contributed by atoms with Crippen molar-refractivity contribution in [2.24, 2.45) is 5.73 Å². The molecule has 1 aromatic rings. The zero-order valence-corrected chi connectivity index (χ0v) is 8.80. The average molecular weight is 228 g/mol. The first-order valence-electron chi connectivity index (χ1n) is 4.45. The number of rotatable bonds is 4. The molecular weight excluding hydrogens is 216 g/mol. The summed E-state index contributed by atoms with van der Waals surface area (Å²) in [6.07, 6.45) is 0. The summed E-state index contributed by atoms with van der Waals surface area (Å²) in [5.41, 5.74) is 4.74. The van der Waals surface area contributed by atoms with E-state index in [4.69, 9.17) is 10.8 Å². The fourth-order valence-electron chi connectivity index (χ4n) is 1.20. The maximum absolute atomic E-state index is 10.8. The van der Waals surface area contributed by atoms with Crippen molar-refractivity contribution in [2.45, 2.75) is 25.3 Å². The number of carbonyl (C=O) groups is 1. The van der Waals surface area contributed by atoms with Crippen molar-refractivity contribution in [1.82, 2.24) is 10.2 Å². The maximum Gasteiger partial charge on any atom is 0.342 e. The molecule has 1 unspecified atom stereocenters. The van der Waals surface area contributed by atoms with Crippen LogP contribution in [0.3, 0.4) is 0 Å². The molecule has 0 bridgehead atoms. The van der Waals surface area contributed by atoms with Crippen LogP contribution in [0.25, 0.3) is 0 Å². The van der Waals surface area contributed by atoms with Gasteiger partial charge in [-0.05, 0) is 4.92 Å². The first kappa shape index (κ1) is 12.1. The Kier molecular flexibility index (Phi) is 2.95. The summed E-state index contributed by atoms with van der Waals surface area (Å²) >= 11 is 0. The van der Waals surface area contributed by atoms with Crippen molar-refractivity contribution in [1.29, 1.82) is 0 Å². The molecule has 8 heteroatoms. The van der Waals surface area contributed by atoms with Gasteiger partial charge in [-0.3, -0.25) is 4.79 Å². The van der Waals surface area contributed by atoms with E-state index in [1.54, 1.807) is 13.8 Å². The highest BCUT2D eigenvalue weighted by molar-refractivity contribution is 5.75. The topological polar surface area (TPSA) is 135 Å². The van der Waals surface area contributed by atoms with E-state index >= 15 is 0 Å². The number of carboxylic acid groups (broad SMARTS) is 1. The molecule has 0 amide bonds. The van der Waals surface area contributed by atoms with Crippen molar-refractivity contribution in [3.8, 4) is 0 Å². The molecule has 0 fully saturated rings. The van der Waals surface area contributed by atoms with Crippen LogP contribution in [-0.4, -0.2) is 32.2 Å². The monoisotopic (exact) mass is 228 g/mol. The molecule has 0 aromatic carbocycles. The molecule has 1 atom stereocenters. The Morgan fingerprint density at radius 1 is 1.75 bits per heavy atom. The summed E-state index contributed by atoms with van der Waals surface area (Å²) in [6, 6.07) is -0.00148. The van der Waals surface area contributed by atoms with E-state index in [0.717, 1.165) is 0 Å². The van der Waals surface area contributed by atoms with Crippen LogP contribution in [0.4, 0.5) is 5.82 Å². The van der Waals surface area contributed by atoms with Gasteiger partial charge in [-0.15, -0.1) is 5.10 Å². The average Bonchev–Trinajstić information content (AvgIpc) is 2.65. The number of aromatic nitrogens is 2. The van der Waals surface area contributed by atoms with Gasteiger partial charge in [0.15, 0.2) is 0 Å². The van der Waals surface area contributed by atoms with E-state index in [9.17, 15) is 14.9 Å². The van der Waals surface area contributed by atoms with Crippen LogP contribution in [0.15, 0.2) is 6.07 Å². The number of aliphatic carboxylic acids is 1. The van der Waals surface area contributed by atoms with Gasteiger partial charge >= 0.3 is 11.8 Å². The van der Waals surface area contributed by atoms with Gasteiger partial charge in [-0.2, -0.15) is 0 Å². The predicted molar refractivity (Wildman–Crippen MR) is 53.9 cm³/mol. The van der Waals surface area contributed by atoms with Crippen molar-refractivity contribution in [2.75, 3.05) is 0 Å². The minimum absolute atomic E-state index is 0.245. The SMILES string of the molecule is CC(C)(c1cc([N+](=O)[O-])[nH]n1)C(N)C(=O)O. The smallest absolute Gasteiger partial charge is 0.342 e. The van der Waals surface area contributed by atoms with Gasteiger partial charge in [0.05, 0.1) is 11.8 Å². The van der Waals surface area contributed by atoms with Crippen LogP contribution in [0.2, 0.25) is 0 Å². The first-order valence-corrected chi connectivity index (χ1v) is 4.45. The molecule has 0 aliphatic rings. The lowest BCUT2D eigenvalue weighted by molar-refractivity contribution is -0.389. The van der Waals surface area contributed by atoms with E-state index < -0.39 is 22.3 Å². The molecule has 0 radical (unpaired) electrons. The number of hydrogen-bond acceptors (Lipinski definition) is 5. The van der Waals surface area contributed by atoms with Gasteiger partial charge in [-0.25, -0.2) is 0 Å². The van der Waals surface area contributed by atoms with E-state index in [0.29, 0.717) is 0 Å². The summed E-state index contributed by atoms with van der Waals surface area (Å²) in [6.45, 7) is 3.12. The molecule has 4 N–H and O–H groups in total. The molecule has 0 saturated heterocycles. The molecule has 1 rings (SSSR count). The fraction of sp³-hybridized carbons (Fsp3) is 0.500. The third-order valence-electron chi connectivity index (χ3n) is 2.46. The Morgan fingerprint density at radius 3 is 2.69 bits per heavy atom. The van der Waals surface area contributed by atoms with Crippen LogP contribution < -0.4 is 5.73 Å². The summed E-state index contributed by atoms with van der Waals surface area (Å²) in [5, 5.41) is 25.1. The van der Waals surface area contributed by atoms with Gasteiger partial charge in [0, 0.05) is 5.41 Å². The van der Waals surface area contributed by atoms with E-state index in [1.807, 2.05) is 0 Å². The quantitative estimate of drug-likeness (QED) is 0.490. The normalized spacial score (nSPS) is 13.4. The number of H-pyrrole nitrogens is 1. The van der Waals surface area contributed by atoms with Gasteiger partial charge in [-0.1, -0.05) is 18.9 Å². The lowest BCUT2D eigenvalue weighted by Gasteiger charge is -2.25. The molecule has 0 spiro atoms. The van der Waals surface area contributed by atoms with Gasteiger partial charge in [0.2, 0.25) is 0 Å². The molecule has 16 heavy (non-hydrogen) atoms. The third kappa shape index (κ3) is 2.01. The number of hydrogen-bond donors (Lipinski definition) is 3. The molecule has 0 saturated carbocycles. The number of nitrogens with one attached hydrogen (secondary N) is 1. The molecule has 8 nitrogen and oxygen atoms in total. The molecule has 88 valence electrons. The first-order chi connectivity index (χ1) is 7.26. The minimum atomic E-state index is -1.18. The second-order valence-electron chi connectivity index (χ2n) is 3.93. The van der Waals surface area contributed by atoms with E-state index in [1.165, 1.54) is 6.07 Å². The van der Waals surface area contributed by atoms with Crippen LogP contribution in [-0.2, 0) is 10.2 Å². The van der Waals surface area contributed by atoms with Crippen LogP contribution >= 0.6 is 0 Å². The van der Waals surface area contributed by atoms with Gasteiger partial charge in [0.1, 0.15) is 6.04 Å². The van der Waals surface area contributed by atoms with Crippen LogP contribution in [0.5, 0.6) is 0 Å². The number of nitrogens with two attached hydrogens (primary N) is 1. The molecule has 0 aliphatic carbocycles. The predicted octanol–water partition coefficient (Wildman–Crippen LogP) is 0.00740. The second kappa shape index (κ2) is 3.89. The summed E-state index contributed by atoms with van der Waals surface area (Å²) in [5.74, 6) is -1.48. The Balaban J connectivity index is 3.06. The fourth-order valence-corrected chi connectivity index (χ4v) is 1.20. The minimum Gasteiger partial charge on any atom is -0.480 e. The Morgan fingerprint density at radius 2 is 2.31 bits per heavy atom. The standard InChI is InChI=1S/C8H12N4O4/c1-8(2,6(9)7(13)14)4-3-5(11-10-4)12(15)16/h3,6H,9H2,1-2H3,(H,10,11)(H,13,14). The molecule has 1 aromatic heterocycles. The molecule has 0 aliphatic heterocycles. The largest absolute Gasteiger partial charge is 0.480 e. The summed E-state index contributed by atoms with van der Waals surface area (Å²) in [4.78, 5) is 20.6. The lowest BCUT2D eigenvalue weighted by atomic mass is 9.82. The molecular formula is C8H12N4O4.